The maximum absolute atomic E-state index is 12.5. The average Bonchev–Trinajstić information content (AvgIpc) is 2.47. The maximum atomic E-state index is 12.5. The number of carbonyl (C=O) groups excluding carboxylic acids is 1. The number of piperidine rings is 1. The molecule has 3 rings (SSSR count). The molecule has 2 heterocycles. The van der Waals surface area contributed by atoms with Crippen molar-refractivity contribution in [2.75, 3.05) is 32.7 Å². The Morgan fingerprint density at radius 1 is 1.14 bits per heavy atom. The van der Waals surface area contributed by atoms with Gasteiger partial charge in [0.05, 0.1) is 31.0 Å². The van der Waals surface area contributed by atoms with Crippen molar-refractivity contribution < 1.29 is 19.7 Å². The van der Waals surface area contributed by atoms with Crippen LogP contribution >= 0.6 is 0 Å². The minimum absolute atomic E-state index is 0.0950. The van der Waals surface area contributed by atoms with Gasteiger partial charge in [-0.1, -0.05) is 0 Å². The van der Waals surface area contributed by atoms with Crippen molar-refractivity contribution in [3.8, 4) is 0 Å². The summed E-state index contributed by atoms with van der Waals surface area (Å²) < 4.78 is 5.67. The smallest absolute Gasteiger partial charge is 0.236 e. The third-order valence-corrected chi connectivity index (χ3v) is 5.69. The highest BCUT2D eigenvalue weighted by Gasteiger charge is 2.54. The Kier molecular flexibility index (Phi) is 4.47. The first kappa shape index (κ1) is 16.2. The van der Waals surface area contributed by atoms with Crippen molar-refractivity contribution >= 4 is 5.91 Å². The van der Waals surface area contributed by atoms with Gasteiger partial charge in [-0.2, -0.15) is 0 Å². The molecule has 6 heteroatoms. The van der Waals surface area contributed by atoms with Crippen molar-refractivity contribution in [1.29, 1.82) is 0 Å². The first-order valence-corrected chi connectivity index (χ1v) is 8.42. The Balaban J connectivity index is 1.49. The molecule has 2 N–H and O–H groups in total. The molecule has 6 nitrogen and oxygen atoms in total. The number of nitrogens with zero attached hydrogens (tertiary/aromatic N) is 2. The molecular formula is C16H28N2O4. The lowest BCUT2D eigenvalue weighted by Gasteiger charge is -2.55. The highest BCUT2D eigenvalue weighted by atomic mass is 16.5. The topological polar surface area (TPSA) is 73.2 Å². The highest BCUT2D eigenvalue weighted by Crippen LogP contribution is 2.49. The first-order chi connectivity index (χ1) is 10.4. The molecule has 22 heavy (non-hydrogen) atoms. The molecule has 1 spiro atoms. The van der Waals surface area contributed by atoms with Crippen molar-refractivity contribution in [2.24, 2.45) is 5.41 Å². The minimum atomic E-state index is -0.374. The zero-order chi connectivity index (χ0) is 15.9. The van der Waals surface area contributed by atoms with E-state index >= 15 is 0 Å². The van der Waals surface area contributed by atoms with Crippen LogP contribution in [-0.4, -0.2) is 83.1 Å². The van der Waals surface area contributed by atoms with E-state index in [1.165, 1.54) is 0 Å². The second-order valence-corrected chi connectivity index (χ2v) is 7.33. The summed E-state index contributed by atoms with van der Waals surface area (Å²) >= 11 is 0. The second kappa shape index (κ2) is 6.07. The molecule has 0 radical (unpaired) electrons. The molecule has 1 amide bonds. The van der Waals surface area contributed by atoms with Crippen LogP contribution in [0.4, 0.5) is 0 Å². The van der Waals surface area contributed by atoms with Crippen molar-refractivity contribution in [3.05, 3.63) is 0 Å². The first-order valence-electron chi connectivity index (χ1n) is 8.42. The lowest BCUT2D eigenvalue weighted by molar-refractivity contribution is -0.190. The molecule has 0 bridgehead atoms. The number of amides is 1. The summed E-state index contributed by atoms with van der Waals surface area (Å²) in [5.74, 6) is 0.160. The van der Waals surface area contributed by atoms with Crippen LogP contribution < -0.4 is 0 Å². The molecular weight excluding hydrogens is 284 g/mol. The lowest BCUT2D eigenvalue weighted by atomic mass is 9.58. The molecule has 4 atom stereocenters. The van der Waals surface area contributed by atoms with E-state index in [9.17, 15) is 15.0 Å². The van der Waals surface area contributed by atoms with Crippen LogP contribution in [-0.2, 0) is 9.53 Å². The number of carbonyl (C=O) groups is 1. The van der Waals surface area contributed by atoms with Gasteiger partial charge in [0.15, 0.2) is 0 Å². The number of hydrogen-bond donors (Lipinski definition) is 2. The number of ether oxygens (including phenoxy) is 1. The Morgan fingerprint density at radius 2 is 1.68 bits per heavy atom. The monoisotopic (exact) mass is 312 g/mol. The van der Waals surface area contributed by atoms with Gasteiger partial charge in [0.1, 0.15) is 0 Å². The van der Waals surface area contributed by atoms with E-state index in [-0.39, 0.29) is 35.7 Å². The summed E-state index contributed by atoms with van der Waals surface area (Å²) in [6.07, 6.45) is 1.50. The fourth-order valence-electron chi connectivity index (χ4n) is 4.21. The fraction of sp³-hybridized carbons (Fsp3) is 0.938. The predicted molar refractivity (Wildman–Crippen MR) is 81.3 cm³/mol. The second-order valence-electron chi connectivity index (χ2n) is 7.33. The van der Waals surface area contributed by atoms with Gasteiger partial charge in [0.25, 0.3) is 0 Å². The average molecular weight is 312 g/mol. The summed E-state index contributed by atoms with van der Waals surface area (Å²) in [6.45, 7) is 7.31. The zero-order valence-corrected chi connectivity index (χ0v) is 13.6. The van der Waals surface area contributed by atoms with Gasteiger partial charge in [0.2, 0.25) is 5.91 Å². The number of aliphatic hydroxyl groups excluding tert-OH is 2. The number of hydrogen-bond acceptors (Lipinski definition) is 5. The highest BCUT2D eigenvalue weighted by molar-refractivity contribution is 5.78. The third kappa shape index (κ3) is 2.89. The Hall–Kier alpha value is -0.690. The lowest BCUT2D eigenvalue weighted by Crippen LogP contribution is -2.62. The maximum Gasteiger partial charge on any atom is 0.236 e. The molecule has 0 unspecified atom stereocenters. The molecule has 1 aliphatic carbocycles. The number of aliphatic hydroxyl groups is 2. The summed E-state index contributed by atoms with van der Waals surface area (Å²) in [6, 6.07) is 0. The van der Waals surface area contributed by atoms with Crippen molar-refractivity contribution in [3.63, 3.8) is 0 Å². The molecule has 0 aromatic heterocycles. The molecule has 126 valence electrons. The predicted octanol–water partition coefficient (Wildman–Crippen LogP) is -0.170. The van der Waals surface area contributed by atoms with E-state index in [1.54, 1.807) is 0 Å². The third-order valence-electron chi connectivity index (χ3n) is 5.69. The summed E-state index contributed by atoms with van der Waals surface area (Å²) in [5, 5.41) is 19.9. The summed E-state index contributed by atoms with van der Waals surface area (Å²) in [5.41, 5.74) is -0.304. The minimum Gasteiger partial charge on any atom is -0.392 e. The van der Waals surface area contributed by atoms with Crippen LogP contribution in [0.5, 0.6) is 0 Å². The number of morpholine rings is 1. The van der Waals surface area contributed by atoms with E-state index in [1.807, 2.05) is 18.7 Å². The van der Waals surface area contributed by atoms with Gasteiger partial charge < -0.3 is 19.8 Å². The van der Waals surface area contributed by atoms with E-state index in [2.05, 4.69) is 4.90 Å². The number of rotatable bonds is 2. The molecule has 3 aliphatic rings. The SMILES string of the molecule is C[C@@H]1CN(C(=O)CN2CCC3(CC2)[C@H](O)C[C@@H]3O)C[C@H](C)O1. The van der Waals surface area contributed by atoms with Crippen molar-refractivity contribution in [2.45, 2.75) is 57.5 Å². The standard InChI is InChI=1S/C16H28N2O4/c1-11-8-18(9-12(2)22-11)15(21)10-17-5-3-16(4-6-17)13(19)7-14(16)20/h11-14,19-20H,3-10H2,1-2H3/t11-,12+,13-,14+. The zero-order valence-electron chi connectivity index (χ0n) is 13.6. The molecule has 1 saturated carbocycles. The van der Waals surface area contributed by atoms with Gasteiger partial charge >= 0.3 is 0 Å². The molecule has 0 aromatic rings. The normalized spacial score (nSPS) is 38.8. The number of likely N-dealkylation sites (tertiary alicyclic amines) is 1. The quantitative estimate of drug-likeness (QED) is 0.741. The van der Waals surface area contributed by atoms with E-state index in [0.29, 0.717) is 26.1 Å². The van der Waals surface area contributed by atoms with Crippen LogP contribution in [0, 0.1) is 5.41 Å². The van der Waals surface area contributed by atoms with Gasteiger partial charge in [-0.25, -0.2) is 0 Å². The van der Waals surface area contributed by atoms with Gasteiger partial charge in [0, 0.05) is 24.9 Å². The van der Waals surface area contributed by atoms with Gasteiger partial charge in [-0.15, -0.1) is 0 Å². The molecule has 0 aromatic carbocycles. The van der Waals surface area contributed by atoms with Crippen LogP contribution in [0.2, 0.25) is 0 Å². The van der Waals surface area contributed by atoms with Crippen LogP contribution in [0.1, 0.15) is 33.1 Å². The molecule has 2 aliphatic heterocycles. The largest absolute Gasteiger partial charge is 0.392 e. The summed E-state index contributed by atoms with van der Waals surface area (Å²) in [4.78, 5) is 16.5. The van der Waals surface area contributed by atoms with E-state index in [0.717, 1.165) is 25.9 Å². The Labute approximate surface area is 132 Å². The van der Waals surface area contributed by atoms with E-state index in [4.69, 9.17) is 4.74 Å². The Morgan fingerprint density at radius 3 is 2.18 bits per heavy atom. The van der Waals surface area contributed by atoms with E-state index < -0.39 is 0 Å². The summed E-state index contributed by atoms with van der Waals surface area (Å²) in [7, 11) is 0. The molecule has 2 saturated heterocycles. The van der Waals surface area contributed by atoms with Gasteiger partial charge in [-0.3, -0.25) is 9.69 Å². The van der Waals surface area contributed by atoms with Gasteiger partial charge in [-0.05, 0) is 39.8 Å². The van der Waals surface area contributed by atoms with Crippen LogP contribution in [0.25, 0.3) is 0 Å². The van der Waals surface area contributed by atoms with Crippen LogP contribution in [0.3, 0.4) is 0 Å². The molecule has 3 fully saturated rings. The van der Waals surface area contributed by atoms with Crippen LogP contribution in [0.15, 0.2) is 0 Å². The fourth-order valence-corrected chi connectivity index (χ4v) is 4.21. The van der Waals surface area contributed by atoms with Crippen molar-refractivity contribution in [1.82, 2.24) is 9.80 Å². The Bertz CT molecular complexity index is 402.